The molecule has 160 valence electrons. The first-order valence-electron chi connectivity index (χ1n) is 9.14. The van der Waals surface area contributed by atoms with E-state index in [1.54, 1.807) is 6.92 Å². The van der Waals surface area contributed by atoms with Crippen molar-refractivity contribution in [2.45, 2.75) is 11.8 Å². The molecule has 0 radical (unpaired) electrons. The van der Waals surface area contributed by atoms with E-state index in [-0.39, 0.29) is 55.0 Å². The molecular formula is C19H20N2O8S. The molecule has 0 aromatic heterocycles. The third kappa shape index (κ3) is 4.75. The Morgan fingerprint density at radius 3 is 2.43 bits per heavy atom. The van der Waals surface area contributed by atoms with Gasteiger partial charge in [0.2, 0.25) is 10.0 Å². The van der Waals surface area contributed by atoms with E-state index < -0.39 is 20.9 Å². The van der Waals surface area contributed by atoms with E-state index in [4.69, 9.17) is 14.2 Å². The number of non-ortho nitro benzene ring substituents is 1. The topological polar surface area (TPSA) is 125 Å². The van der Waals surface area contributed by atoms with Crippen molar-refractivity contribution in [3.05, 3.63) is 58.1 Å². The molecular weight excluding hydrogens is 416 g/mol. The number of nitro groups is 1. The van der Waals surface area contributed by atoms with Crippen LogP contribution in [0.4, 0.5) is 5.69 Å². The molecule has 0 aliphatic carbocycles. The van der Waals surface area contributed by atoms with Gasteiger partial charge in [0, 0.05) is 25.2 Å². The van der Waals surface area contributed by atoms with Gasteiger partial charge in [-0.2, -0.15) is 4.31 Å². The zero-order valence-electron chi connectivity index (χ0n) is 16.1. The van der Waals surface area contributed by atoms with Crippen LogP contribution in [0, 0.1) is 10.1 Å². The van der Waals surface area contributed by atoms with E-state index in [9.17, 15) is 23.3 Å². The third-order valence-electron chi connectivity index (χ3n) is 4.32. The lowest BCUT2D eigenvalue weighted by Crippen LogP contribution is -2.40. The van der Waals surface area contributed by atoms with Gasteiger partial charge >= 0.3 is 5.97 Å². The first-order valence-corrected chi connectivity index (χ1v) is 10.6. The van der Waals surface area contributed by atoms with Crippen LogP contribution in [0.1, 0.15) is 17.3 Å². The molecule has 2 aromatic carbocycles. The van der Waals surface area contributed by atoms with Crippen LogP contribution in [0.2, 0.25) is 0 Å². The standard InChI is InChI=1S/C19H20N2O8S/c1-2-28-19(22)14-3-6-16(7-4-14)29-17-8-5-15(21(23)24)13-18(17)30(25,26)20-9-11-27-12-10-20/h3-8,13H,2,9-12H2,1H3. The summed E-state index contributed by atoms with van der Waals surface area (Å²) in [6.07, 6.45) is 0. The summed E-state index contributed by atoms with van der Waals surface area (Å²) in [7, 11) is -4.05. The molecule has 30 heavy (non-hydrogen) atoms. The molecule has 0 amide bonds. The van der Waals surface area contributed by atoms with E-state index in [0.717, 1.165) is 6.07 Å². The van der Waals surface area contributed by atoms with Crippen LogP contribution < -0.4 is 4.74 Å². The summed E-state index contributed by atoms with van der Waals surface area (Å²) < 4.78 is 43.2. The van der Waals surface area contributed by atoms with Crippen LogP contribution in [0.15, 0.2) is 47.4 Å². The number of nitrogens with zero attached hydrogens (tertiary/aromatic N) is 2. The zero-order valence-corrected chi connectivity index (χ0v) is 17.0. The second kappa shape index (κ2) is 9.20. The SMILES string of the molecule is CCOC(=O)c1ccc(Oc2ccc([N+](=O)[O-])cc2S(=O)(=O)N2CCOCC2)cc1. The zero-order chi connectivity index (χ0) is 21.7. The predicted molar refractivity (Wildman–Crippen MR) is 105 cm³/mol. The van der Waals surface area contributed by atoms with E-state index in [0.29, 0.717) is 5.56 Å². The minimum absolute atomic E-state index is 0.0593. The Labute approximate surface area is 173 Å². The number of carbonyl (C=O) groups excluding carboxylic acids is 1. The maximum Gasteiger partial charge on any atom is 0.338 e. The van der Waals surface area contributed by atoms with Crippen LogP contribution in [0.3, 0.4) is 0 Å². The minimum Gasteiger partial charge on any atom is -0.462 e. The van der Waals surface area contributed by atoms with Crippen molar-refractivity contribution in [3.63, 3.8) is 0 Å². The van der Waals surface area contributed by atoms with Crippen molar-refractivity contribution in [2.75, 3.05) is 32.9 Å². The first-order chi connectivity index (χ1) is 14.3. The van der Waals surface area contributed by atoms with Gasteiger partial charge in [-0.3, -0.25) is 10.1 Å². The maximum atomic E-state index is 13.1. The number of esters is 1. The second-order valence-electron chi connectivity index (χ2n) is 6.25. The molecule has 1 aliphatic rings. The first kappa shape index (κ1) is 21.7. The maximum absolute atomic E-state index is 13.1. The molecule has 1 fully saturated rings. The average Bonchev–Trinajstić information content (AvgIpc) is 2.75. The summed E-state index contributed by atoms with van der Waals surface area (Å²) in [6.45, 7) is 2.68. The average molecular weight is 436 g/mol. The van der Waals surface area contributed by atoms with Crippen LogP contribution >= 0.6 is 0 Å². The molecule has 0 N–H and O–H groups in total. The van der Waals surface area contributed by atoms with Crippen molar-refractivity contribution in [3.8, 4) is 11.5 Å². The van der Waals surface area contributed by atoms with Crippen molar-refractivity contribution in [2.24, 2.45) is 0 Å². The highest BCUT2D eigenvalue weighted by Crippen LogP contribution is 2.34. The van der Waals surface area contributed by atoms with Gasteiger partial charge in [-0.15, -0.1) is 0 Å². The molecule has 0 atom stereocenters. The summed E-state index contributed by atoms with van der Waals surface area (Å²) >= 11 is 0. The number of ether oxygens (including phenoxy) is 3. The number of benzene rings is 2. The van der Waals surface area contributed by atoms with Crippen molar-refractivity contribution >= 4 is 21.7 Å². The number of morpholine rings is 1. The van der Waals surface area contributed by atoms with Crippen LogP contribution in [0.25, 0.3) is 0 Å². The number of carbonyl (C=O) groups is 1. The van der Waals surface area contributed by atoms with Gasteiger partial charge in [0.25, 0.3) is 5.69 Å². The summed E-state index contributed by atoms with van der Waals surface area (Å²) in [4.78, 5) is 21.9. The quantitative estimate of drug-likeness (QED) is 0.368. The number of hydrogen-bond donors (Lipinski definition) is 0. The molecule has 2 aromatic rings. The Bertz CT molecular complexity index is 1030. The number of nitro benzene ring substituents is 1. The van der Waals surface area contributed by atoms with Crippen LogP contribution in [-0.4, -0.2) is 56.5 Å². The van der Waals surface area contributed by atoms with Gasteiger partial charge in [0.15, 0.2) is 0 Å². The second-order valence-corrected chi connectivity index (χ2v) is 8.16. The number of sulfonamides is 1. The highest BCUT2D eigenvalue weighted by Gasteiger charge is 2.31. The number of hydrogen-bond acceptors (Lipinski definition) is 8. The highest BCUT2D eigenvalue weighted by atomic mass is 32.2. The van der Waals surface area contributed by atoms with Gasteiger partial charge in [-0.05, 0) is 37.3 Å². The third-order valence-corrected chi connectivity index (χ3v) is 6.24. The van der Waals surface area contributed by atoms with Crippen LogP contribution in [-0.2, 0) is 19.5 Å². The molecule has 0 spiro atoms. The fourth-order valence-corrected chi connectivity index (χ4v) is 4.36. The molecule has 0 bridgehead atoms. The summed E-state index contributed by atoms with van der Waals surface area (Å²) in [5.41, 5.74) is -0.0547. The fourth-order valence-electron chi connectivity index (χ4n) is 2.82. The molecule has 1 aliphatic heterocycles. The number of rotatable bonds is 7. The van der Waals surface area contributed by atoms with E-state index in [1.165, 1.54) is 40.7 Å². The monoisotopic (exact) mass is 436 g/mol. The highest BCUT2D eigenvalue weighted by molar-refractivity contribution is 7.89. The van der Waals surface area contributed by atoms with E-state index in [2.05, 4.69) is 0 Å². The molecule has 1 heterocycles. The van der Waals surface area contributed by atoms with Gasteiger partial charge in [-0.1, -0.05) is 0 Å². The molecule has 11 heteroatoms. The van der Waals surface area contributed by atoms with Gasteiger partial charge in [0.1, 0.15) is 16.4 Å². The van der Waals surface area contributed by atoms with Crippen molar-refractivity contribution < 1.29 is 32.3 Å². The largest absolute Gasteiger partial charge is 0.462 e. The van der Waals surface area contributed by atoms with E-state index in [1.807, 2.05) is 0 Å². The minimum atomic E-state index is -4.05. The Morgan fingerprint density at radius 2 is 1.83 bits per heavy atom. The molecule has 0 saturated carbocycles. The Balaban J connectivity index is 1.94. The Morgan fingerprint density at radius 1 is 1.17 bits per heavy atom. The van der Waals surface area contributed by atoms with Gasteiger partial charge in [0.05, 0.1) is 30.3 Å². The Kier molecular flexibility index (Phi) is 6.65. The van der Waals surface area contributed by atoms with Crippen molar-refractivity contribution in [1.82, 2.24) is 4.31 Å². The Hall–Kier alpha value is -3.02. The lowest BCUT2D eigenvalue weighted by molar-refractivity contribution is -0.385. The summed E-state index contributed by atoms with van der Waals surface area (Å²) in [5.74, 6) is -0.290. The molecule has 3 rings (SSSR count). The fraction of sp³-hybridized carbons (Fsp3) is 0.316. The van der Waals surface area contributed by atoms with Gasteiger partial charge in [-0.25, -0.2) is 13.2 Å². The molecule has 1 saturated heterocycles. The predicted octanol–water partition coefficient (Wildman–Crippen LogP) is 2.58. The van der Waals surface area contributed by atoms with Crippen LogP contribution in [0.5, 0.6) is 11.5 Å². The summed E-state index contributed by atoms with van der Waals surface area (Å²) in [5, 5.41) is 11.2. The van der Waals surface area contributed by atoms with Gasteiger partial charge < -0.3 is 14.2 Å². The molecule has 10 nitrogen and oxygen atoms in total. The summed E-state index contributed by atoms with van der Waals surface area (Å²) in [6, 6.07) is 9.32. The normalized spacial score (nSPS) is 14.8. The molecule has 0 unspecified atom stereocenters. The van der Waals surface area contributed by atoms with Crippen molar-refractivity contribution in [1.29, 1.82) is 0 Å². The smallest absolute Gasteiger partial charge is 0.338 e. The lowest BCUT2D eigenvalue weighted by atomic mass is 10.2. The van der Waals surface area contributed by atoms with E-state index >= 15 is 0 Å². The lowest BCUT2D eigenvalue weighted by Gasteiger charge is -2.26.